The summed E-state index contributed by atoms with van der Waals surface area (Å²) in [5.74, 6) is 0.388. The molecule has 0 spiro atoms. The number of urea groups is 1. The van der Waals surface area contributed by atoms with Crippen molar-refractivity contribution in [1.82, 2.24) is 14.7 Å². The summed E-state index contributed by atoms with van der Waals surface area (Å²) in [7, 11) is 0. The first-order chi connectivity index (χ1) is 13.1. The number of hydrogen-bond donors (Lipinski definition) is 2. The van der Waals surface area contributed by atoms with Crippen LogP contribution in [0.1, 0.15) is 12.8 Å². The fourth-order valence-electron chi connectivity index (χ4n) is 3.24. The Morgan fingerprint density at radius 3 is 2.37 bits per heavy atom. The molecule has 4 rings (SSSR count). The van der Waals surface area contributed by atoms with Gasteiger partial charge in [0, 0.05) is 23.7 Å². The zero-order valence-corrected chi connectivity index (χ0v) is 15.5. The highest BCUT2D eigenvalue weighted by atomic mass is 35.5. The maximum absolute atomic E-state index is 12.7. The number of nitrogens with zero attached hydrogens (tertiary/aromatic N) is 3. The number of aromatic nitrogens is 2. The van der Waals surface area contributed by atoms with Crippen LogP contribution in [-0.4, -0.2) is 33.8 Å². The average molecular weight is 382 g/mol. The maximum atomic E-state index is 12.7. The van der Waals surface area contributed by atoms with Crippen LogP contribution in [0.5, 0.6) is 0 Å². The van der Waals surface area contributed by atoms with Gasteiger partial charge in [0.1, 0.15) is 11.4 Å². The van der Waals surface area contributed by atoms with Crippen LogP contribution < -0.4 is 11.1 Å². The summed E-state index contributed by atoms with van der Waals surface area (Å²) in [4.78, 5) is 14.4. The summed E-state index contributed by atoms with van der Waals surface area (Å²) in [5.41, 5.74) is 9.17. The molecule has 1 aliphatic heterocycles. The lowest BCUT2D eigenvalue weighted by molar-refractivity contribution is 0.222. The second-order valence-electron chi connectivity index (χ2n) is 6.49. The van der Waals surface area contributed by atoms with Crippen molar-refractivity contribution in [3.8, 4) is 16.9 Å². The molecule has 3 N–H and O–H groups in total. The molecule has 138 valence electrons. The Morgan fingerprint density at radius 2 is 1.70 bits per heavy atom. The number of carbonyl (C=O) groups is 1. The summed E-state index contributed by atoms with van der Waals surface area (Å²) in [6, 6.07) is 16.8. The van der Waals surface area contributed by atoms with E-state index in [2.05, 4.69) is 10.4 Å². The molecule has 1 fully saturated rings. The molecule has 1 saturated heterocycles. The van der Waals surface area contributed by atoms with E-state index in [1.165, 1.54) is 0 Å². The molecule has 7 heteroatoms. The Bertz CT molecular complexity index is 947. The van der Waals surface area contributed by atoms with Gasteiger partial charge < -0.3 is 16.0 Å². The number of nitrogens with one attached hydrogen (secondary N) is 1. The molecule has 2 aromatic carbocycles. The van der Waals surface area contributed by atoms with Crippen LogP contribution in [-0.2, 0) is 0 Å². The number of para-hydroxylation sites is 1. The van der Waals surface area contributed by atoms with Gasteiger partial charge in [0.05, 0.1) is 5.69 Å². The lowest BCUT2D eigenvalue weighted by Crippen LogP contribution is -2.32. The Morgan fingerprint density at radius 1 is 1.04 bits per heavy atom. The number of nitrogens with two attached hydrogens (primary N) is 1. The molecule has 0 atom stereocenters. The minimum Gasteiger partial charge on any atom is -0.382 e. The molecule has 3 aromatic rings. The number of amides is 2. The standard InChI is InChI=1S/C20H20ClN5O/c21-15-10-8-14(9-11-15)17-18(23-20(27)25-12-4-5-13-25)19(22)26(24-17)16-6-2-1-3-7-16/h1-3,6-11H,4-5,12-13,22H2,(H,23,27). The van der Waals surface area contributed by atoms with Gasteiger partial charge in [-0.15, -0.1) is 0 Å². The molecule has 27 heavy (non-hydrogen) atoms. The number of benzene rings is 2. The Balaban J connectivity index is 1.78. The topological polar surface area (TPSA) is 76.2 Å². The summed E-state index contributed by atoms with van der Waals surface area (Å²) in [6.45, 7) is 1.52. The van der Waals surface area contributed by atoms with Crippen LogP contribution in [0, 0.1) is 0 Å². The normalized spacial score (nSPS) is 13.7. The Hall–Kier alpha value is -2.99. The highest BCUT2D eigenvalue weighted by molar-refractivity contribution is 6.30. The Labute approximate surface area is 162 Å². The van der Waals surface area contributed by atoms with Gasteiger partial charge in [0.2, 0.25) is 0 Å². The van der Waals surface area contributed by atoms with Crippen LogP contribution in [0.25, 0.3) is 16.9 Å². The predicted octanol–water partition coefficient (Wildman–Crippen LogP) is 4.40. The molecule has 1 aromatic heterocycles. The van der Waals surface area contributed by atoms with Crippen molar-refractivity contribution >= 4 is 29.1 Å². The van der Waals surface area contributed by atoms with Crippen molar-refractivity contribution in [3.63, 3.8) is 0 Å². The van der Waals surface area contributed by atoms with Gasteiger partial charge in [-0.3, -0.25) is 0 Å². The van der Waals surface area contributed by atoms with Gasteiger partial charge in [-0.2, -0.15) is 5.10 Å². The molecule has 2 heterocycles. The second kappa shape index (κ2) is 7.32. The molecule has 0 unspecified atom stereocenters. The van der Waals surface area contributed by atoms with Crippen molar-refractivity contribution in [2.75, 3.05) is 24.1 Å². The molecule has 0 radical (unpaired) electrons. The van der Waals surface area contributed by atoms with E-state index in [0.717, 1.165) is 37.2 Å². The third kappa shape index (κ3) is 3.48. The van der Waals surface area contributed by atoms with E-state index in [1.807, 2.05) is 42.5 Å². The van der Waals surface area contributed by atoms with Crippen molar-refractivity contribution in [3.05, 3.63) is 59.6 Å². The van der Waals surface area contributed by atoms with E-state index in [-0.39, 0.29) is 6.03 Å². The second-order valence-corrected chi connectivity index (χ2v) is 6.92. The lowest BCUT2D eigenvalue weighted by atomic mass is 10.1. The van der Waals surface area contributed by atoms with E-state index >= 15 is 0 Å². The number of hydrogen-bond acceptors (Lipinski definition) is 3. The molecule has 0 aliphatic carbocycles. The van der Waals surface area contributed by atoms with Crippen molar-refractivity contribution < 1.29 is 4.79 Å². The van der Waals surface area contributed by atoms with E-state index in [4.69, 9.17) is 17.3 Å². The fraction of sp³-hybridized carbons (Fsp3) is 0.200. The number of anilines is 2. The molecule has 1 aliphatic rings. The largest absolute Gasteiger partial charge is 0.382 e. The first kappa shape index (κ1) is 17.4. The molecular weight excluding hydrogens is 362 g/mol. The smallest absolute Gasteiger partial charge is 0.322 e. The third-order valence-corrected chi connectivity index (χ3v) is 4.92. The van der Waals surface area contributed by atoms with Gasteiger partial charge in [-0.25, -0.2) is 9.48 Å². The summed E-state index contributed by atoms with van der Waals surface area (Å²) < 4.78 is 1.64. The van der Waals surface area contributed by atoms with Crippen LogP contribution in [0.15, 0.2) is 54.6 Å². The van der Waals surface area contributed by atoms with Crippen molar-refractivity contribution in [2.45, 2.75) is 12.8 Å². The number of carbonyl (C=O) groups excluding carboxylic acids is 1. The summed E-state index contributed by atoms with van der Waals surface area (Å²) in [5, 5.41) is 8.28. The average Bonchev–Trinajstić information content (AvgIpc) is 3.33. The van der Waals surface area contributed by atoms with Crippen LogP contribution in [0.2, 0.25) is 5.02 Å². The highest BCUT2D eigenvalue weighted by Crippen LogP contribution is 2.35. The van der Waals surface area contributed by atoms with E-state index < -0.39 is 0 Å². The molecule has 2 amide bonds. The third-order valence-electron chi connectivity index (χ3n) is 4.66. The minimum absolute atomic E-state index is 0.151. The Kier molecular flexibility index (Phi) is 4.73. The SMILES string of the molecule is Nc1c(NC(=O)N2CCCC2)c(-c2ccc(Cl)cc2)nn1-c1ccccc1. The summed E-state index contributed by atoms with van der Waals surface area (Å²) in [6.07, 6.45) is 2.05. The number of halogens is 1. The lowest BCUT2D eigenvalue weighted by Gasteiger charge is -2.16. The molecule has 0 bridgehead atoms. The predicted molar refractivity (Wildman–Crippen MR) is 108 cm³/mol. The maximum Gasteiger partial charge on any atom is 0.322 e. The first-order valence-corrected chi connectivity index (χ1v) is 9.27. The zero-order chi connectivity index (χ0) is 18.8. The van der Waals surface area contributed by atoms with Gasteiger partial charge in [-0.05, 0) is 37.1 Å². The van der Waals surface area contributed by atoms with Gasteiger partial charge >= 0.3 is 6.03 Å². The van der Waals surface area contributed by atoms with Crippen LogP contribution in [0.3, 0.4) is 0 Å². The first-order valence-electron chi connectivity index (χ1n) is 8.89. The van der Waals surface area contributed by atoms with Crippen LogP contribution in [0.4, 0.5) is 16.3 Å². The summed E-state index contributed by atoms with van der Waals surface area (Å²) >= 11 is 6.01. The number of rotatable bonds is 3. The van der Waals surface area contributed by atoms with Gasteiger partial charge in [-0.1, -0.05) is 41.9 Å². The minimum atomic E-state index is -0.151. The van der Waals surface area contributed by atoms with E-state index in [9.17, 15) is 4.79 Å². The zero-order valence-electron chi connectivity index (χ0n) is 14.7. The highest BCUT2D eigenvalue weighted by Gasteiger charge is 2.24. The fourth-order valence-corrected chi connectivity index (χ4v) is 3.36. The number of likely N-dealkylation sites (tertiary alicyclic amines) is 1. The number of nitrogen functional groups attached to an aromatic ring is 1. The molecular formula is C20H20ClN5O. The van der Waals surface area contributed by atoms with Crippen molar-refractivity contribution in [2.24, 2.45) is 0 Å². The van der Waals surface area contributed by atoms with Gasteiger partial charge in [0.15, 0.2) is 5.82 Å². The quantitative estimate of drug-likeness (QED) is 0.705. The molecule has 6 nitrogen and oxygen atoms in total. The van der Waals surface area contributed by atoms with E-state index in [0.29, 0.717) is 22.2 Å². The van der Waals surface area contributed by atoms with Gasteiger partial charge in [0.25, 0.3) is 0 Å². The van der Waals surface area contributed by atoms with E-state index in [1.54, 1.807) is 21.7 Å². The molecule has 0 saturated carbocycles. The van der Waals surface area contributed by atoms with Crippen LogP contribution >= 0.6 is 11.6 Å². The monoisotopic (exact) mass is 381 g/mol. The van der Waals surface area contributed by atoms with Crippen molar-refractivity contribution in [1.29, 1.82) is 0 Å².